The molecule has 0 spiro atoms. The molecule has 2 N–H and O–H groups in total. The minimum atomic E-state index is 0. The van der Waals surface area contributed by atoms with Gasteiger partial charge in [-0.15, -0.1) is 46.7 Å². The lowest BCUT2D eigenvalue weighted by molar-refractivity contribution is 0.176. The minimum Gasteiger partial charge on any atom is -0.356 e. The summed E-state index contributed by atoms with van der Waals surface area (Å²) in [5, 5.41) is 11.5. The van der Waals surface area contributed by atoms with Crippen LogP contribution in [0.25, 0.3) is 0 Å². The molecule has 3 rings (SSSR count). The molecule has 1 aliphatic rings. The summed E-state index contributed by atoms with van der Waals surface area (Å²) < 4.78 is 0. The maximum atomic E-state index is 4.60. The van der Waals surface area contributed by atoms with E-state index in [1.54, 1.807) is 22.7 Å². The number of aliphatic imine (C=N–C) groups is 1. The highest BCUT2D eigenvalue weighted by Crippen LogP contribution is 2.19. The molecule has 1 saturated heterocycles. The summed E-state index contributed by atoms with van der Waals surface area (Å²) in [6.07, 6.45) is 3.39. The Kier molecular flexibility index (Phi) is 10.3. The van der Waals surface area contributed by atoms with E-state index in [1.165, 1.54) is 28.4 Å². The summed E-state index contributed by atoms with van der Waals surface area (Å²) in [4.78, 5) is 17.4. The van der Waals surface area contributed by atoms with Crippen molar-refractivity contribution in [1.29, 1.82) is 0 Å². The predicted molar refractivity (Wildman–Crippen MR) is 135 cm³/mol. The largest absolute Gasteiger partial charge is 0.356 e. The molecule has 0 atom stereocenters. The molecule has 2 aromatic heterocycles. The number of rotatable bonds is 7. The maximum absolute atomic E-state index is 4.60. The van der Waals surface area contributed by atoms with Crippen LogP contribution in [-0.4, -0.2) is 54.1 Å². The lowest BCUT2D eigenvalue weighted by Gasteiger charge is -2.31. The molecule has 1 aliphatic heterocycles. The smallest absolute Gasteiger partial charge is 0.190 e. The van der Waals surface area contributed by atoms with Crippen molar-refractivity contribution in [3.05, 3.63) is 31.7 Å². The summed E-state index contributed by atoms with van der Waals surface area (Å²) in [5.74, 6) is 1.60. The zero-order valence-electron chi connectivity index (χ0n) is 17.8. The first-order chi connectivity index (χ1) is 13.5. The monoisotopic (exact) mass is 548 g/mol. The van der Waals surface area contributed by atoms with Crippen LogP contribution in [0.15, 0.2) is 10.4 Å². The highest BCUT2D eigenvalue weighted by atomic mass is 127. The van der Waals surface area contributed by atoms with Gasteiger partial charge >= 0.3 is 0 Å². The van der Waals surface area contributed by atoms with Crippen molar-refractivity contribution >= 4 is 52.6 Å². The second-order valence-electron chi connectivity index (χ2n) is 7.46. The third kappa shape index (κ3) is 7.76. The van der Waals surface area contributed by atoms with E-state index >= 15 is 0 Å². The maximum Gasteiger partial charge on any atom is 0.190 e. The van der Waals surface area contributed by atoms with Crippen LogP contribution in [0.4, 0.5) is 0 Å². The number of nitrogens with zero attached hydrogens (tertiary/aromatic N) is 4. The zero-order valence-corrected chi connectivity index (χ0v) is 21.8. The summed E-state index contributed by atoms with van der Waals surface area (Å²) in [6, 6.07) is 0. The Morgan fingerprint density at radius 2 is 1.97 bits per heavy atom. The number of thiazole rings is 2. The highest BCUT2D eigenvalue weighted by molar-refractivity contribution is 14.0. The third-order valence-electron chi connectivity index (χ3n) is 5.25. The molecule has 162 valence electrons. The van der Waals surface area contributed by atoms with Crippen molar-refractivity contribution in [2.75, 3.05) is 33.2 Å². The number of nitrogens with one attached hydrogen (secondary N) is 2. The molecule has 0 aliphatic carbocycles. The highest BCUT2D eigenvalue weighted by Gasteiger charge is 2.20. The molecule has 6 nitrogen and oxygen atoms in total. The van der Waals surface area contributed by atoms with Crippen molar-refractivity contribution in [3.8, 4) is 0 Å². The second kappa shape index (κ2) is 12.2. The topological polar surface area (TPSA) is 65.4 Å². The van der Waals surface area contributed by atoms with Gasteiger partial charge in [0.15, 0.2) is 5.96 Å². The van der Waals surface area contributed by atoms with Crippen LogP contribution in [-0.2, 0) is 13.0 Å². The molecule has 9 heteroatoms. The van der Waals surface area contributed by atoms with Crippen LogP contribution in [0.2, 0.25) is 0 Å². The standard InChI is InChI=1S/C20H32N6S2.HI/c1-14-15(2)28-19(24-14)5-8-22-20(21-4)23-11-17-6-9-26(10-7-17)12-18-13-27-16(3)25-18;/h13,17H,5-12H2,1-4H3,(H2,21,22,23);1H. The lowest BCUT2D eigenvalue weighted by atomic mass is 9.97. The normalized spacial score (nSPS) is 15.9. The van der Waals surface area contributed by atoms with Gasteiger partial charge in [-0.1, -0.05) is 0 Å². The fourth-order valence-electron chi connectivity index (χ4n) is 3.45. The van der Waals surface area contributed by atoms with E-state index in [9.17, 15) is 0 Å². The summed E-state index contributed by atoms with van der Waals surface area (Å²) in [7, 11) is 1.84. The van der Waals surface area contributed by atoms with Crippen molar-refractivity contribution in [1.82, 2.24) is 25.5 Å². The molecule has 0 amide bonds. The molecule has 1 fully saturated rings. The number of aryl methyl sites for hydroxylation is 3. The number of hydrogen-bond acceptors (Lipinski definition) is 6. The number of halogens is 1. The van der Waals surface area contributed by atoms with Crippen molar-refractivity contribution in [2.24, 2.45) is 10.9 Å². The zero-order chi connectivity index (χ0) is 19.9. The first-order valence-electron chi connectivity index (χ1n) is 10.0. The van der Waals surface area contributed by atoms with Crippen LogP contribution in [0, 0.1) is 26.7 Å². The Morgan fingerprint density at radius 1 is 1.21 bits per heavy atom. The Balaban J connectivity index is 0.00000300. The van der Waals surface area contributed by atoms with Gasteiger partial charge < -0.3 is 10.6 Å². The Hall–Kier alpha value is -0.780. The van der Waals surface area contributed by atoms with E-state index in [0.717, 1.165) is 55.8 Å². The van der Waals surface area contributed by atoms with Crippen LogP contribution in [0.1, 0.15) is 39.1 Å². The number of likely N-dealkylation sites (tertiary alicyclic amines) is 1. The molecule has 2 aromatic rings. The van der Waals surface area contributed by atoms with Crippen molar-refractivity contribution < 1.29 is 0 Å². The molecular weight excluding hydrogens is 515 g/mol. The van der Waals surface area contributed by atoms with Gasteiger partial charge in [-0.05, 0) is 52.6 Å². The Bertz CT molecular complexity index is 760. The van der Waals surface area contributed by atoms with Gasteiger partial charge in [-0.3, -0.25) is 9.89 Å². The minimum absolute atomic E-state index is 0. The van der Waals surface area contributed by atoms with Gasteiger partial charge in [-0.25, -0.2) is 9.97 Å². The lowest BCUT2D eigenvalue weighted by Crippen LogP contribution is -2.43. The summed E-state index contributed by atoms with van der Waals surface area (Å²) >= 11 is 3.53. The Labute approximate surface area is 199 Å². The van der Waals surface area contributed by atoms with E-state index < -0.39 is 0 Å². The van der Waals surface area contributed by atoms with Gasteiger partial charge in [-0.2, -0.15) is 0 Å². The average Bonchev–Trinajstić information content (AvgIpc) is 3.23. The molecule has 0 unspecified atom stereocenters. The SMILES string of the molecule is CN=C(NCCc1nc(C)c(C)s1)NCC1CCN(Cc2csc(C)n2)CC1.I. The molecule has 3 heterocycles. The third-order valence-corrected chi connectivity index (χ3v) is 7.20. The van der Waals surface area contributed by atoms with E-state index in [4.69, 9.17) is 0 Å². The van der Waals surface area contributed by atoms with E-state index in [-0.39, 0.29) is 24.0 Å². The van der Waals surface area contributed by atoms with Gasteiger partial charge in [0.1, 0.15) is 0 Å². The summed E-state index contributed by atoms with van der Waals surface area (Å²) in [6.45, 7) is 11.4. The fourth-order valence-corrected chi connectivity index (χ4v) is 4.99. The van der Waals surface area contributed by atoms with Crippen molar-refractivity contribution in [2.45, 2.75) is 46.6 Å². The number of guanidine groups is 1. The quantitative estimate of drug-likeness (QED) is 0.314. The molecule has 0 saturated carbocycles. The van der Waals surface area contributed by atoms with E-state index in [1.807, 2.05) is 7.05 Å². The second-order valence-corrected chi connectivity index (χ2v) is 9.81. The molecule has 29 heavy (non-hydrogen) atoms. The van der Waals surface area contributed by atoms with E-state index in [2.05, 4.69) is 56.6 Å². The first kappa shape index (κ1) is 24.5. The van der Waals surface area contributed by atoms with Gasteiger partial charge in [0, 0.05) is 43.4 Å². The first-order valence-corrected chi connectivity index (χ1v) is 11.7. The molecule has 0 bridgehead atoms. The predicted octanol–water partition coefficient (Wildman–Crippen LogP) is 3.76. The Morgan fingerprint density at radius 3 is 2.55 bits per heavy atom. The number of piperidine rings is 1. The average molecular weight is 549 g/mol. The molecular formula is C20H33IN6S2. The molecule has 0 radical (unpaired) electrons. The summed E-state index contributed by atoms with van der Waals surface area (Å²) in [5.41, 5.74) is 2.37. The van der Waals surface area contributed by atoms with Gasteiger partial charge in [0.2, 0.25) is 0 Å². The van der Waals surface area contributed by atoms with Gasteiger partial charge in [0.05, 0.1) is 21.4 Å². The number of aromatic nitrogens is 2. The number of hydrogen-bond donors (Lipinski definition) is 2. The van der Waals surface area contributed by atoms with Gasteiger partial charge in [0.25, 0.3) is 0 Å². The van der Waals surface area contributed by atoms with Crippen LogP contribution in [0.5, 0.6) is 0 Å². The van der Waals surface area contributed by atoms with Crippen LogP contribution < -0.4 is 10.6 Å². The van der Waals surface area contributed by atoms with Crippen molar-refractivity contribution in [3.63, 3.8) is 0 Å². The molecule has 0 aromatic carbocycles. The van der Waals surface area contributed by atoms with Crippen LogP contribution in [0.3, 0.4) is 0 Å². The fraction of sp³-hybridized carbons (Fsp3) is 0.650. The van der Waals surface area contributed by atoms with Crippen LogP contribution >= 0.6 is 46.7 Å². The van der Waals surface area contributed by atoms with E-state index in [0.29, 0.717) is 5.92 Å².